The summed E-state index contributed by atoms with van der Waals surface area (Å²) in [6, 6.07) is 3.17. The van der Waals surface area contributed by atoms with Crippen LogP contribution in [-0.4, -0.2) is 88.0 Å². The van der Waals surface area contributed by atoms with Crippen LogP contribution in [-0.2, 0) is 4.74 Å². The lowest BCUT2D eigenvalue weighted by atomic mass is 10.00. The summed E-state index contributed by atoms with van der Waals surface area (Å²) in [6.45, 7) is 9.96. The third-order valence-corrected chi connectivity index (χ3v) is 7.78. The van der Waals surface area contributed by atoms with Gasteiger partial charge in [0.1, 0.15) is 28.6 Å². The average Bonchev–Trinajstić information content (AvgIpc) is 3.05. The van der Waals surface area contributed by atoms with Gasteiger partial charge in [-0.1, -0.05) is 17.7 Å². The molecule has 216 valence electrons. The van der Waals surface area contributed by atoms with Crippen molar-refractivity contribution in [2.45, 2.75) is 64.3 Å². The molecule has 40 heavy (non-hydrogen) atoms. The van der Waals surface area contributed by atoms with E-state index in [1.54, 1.807) is 30.6 Å². The molecule has 2 amide bonds. The molecule has 2 atom stereocenters. The molecule has 1 aromatic heterocycles. The maximum atomic E-state index is 15.0. The number of amides is 2. The molecule has 1 aromatic carbocycles. The van der Waals surface area contributed by atoms with E-state index in [4.69, 9.17) is 21.1 Å². The Morgan fingerprint density at radius 1 is 1.23 bits per heavy atom. The third-order valence-electron chi connectivity index (χ3n) is 7.43. The average molecular weight is 579 g/mol. The van der Waals surface area contributed by atoms with Gasteiger partial charge in [0, 0.05) is 37.3 Å². The molecule has 2 fully saturated rings. The van der Waals surface area contributed by atoms with Gasteiger partial charge in [0.05, 0.1) is 17.8 Å². The first kappa shape index (κ1) is 28.4. The molecule has 0 saturated carbocycles. The lowest BCUT2D eigenvalue weighted by molar-refractivity contribution is 0.000952. The Bertz CT molecular complexity index is 1370. The van der Waals surface area contributed by atoms with E-state index in [1.165, 1.54) is 17.0 Å². The summed E-state index contributed by atoms with van der Waals surface area (Å²) in [7, 11) is 0. The number of carbonyl (C=O) groups excluding carboxylic acids is 2. The normalized spacial score (nSPS) is 22.4. The van der Waals surface area contributed by atoms with Crippen molar-refractivity contribution in [3.63, 3.8) is 0 Å². The van der Waals surface area contributed by atoms with Gasteiger partial charge in [0.25, 0.3) is 5.91 Å². The second-order valence-electron chi connectivity index (χ2n) is 12.1. The molecule has 0 spiro atoms. The Kier molecular flexibility index (Phi) is 7.11. The molecule has 3 aliphatic rings. The fourth-order valence-electron chi connectivity index (χ4n) is 5.58. The van der Waals surface area contributed by atoms with Crippen molar-refractivity contribution in [1.82, 2.24) is 14.8 Å². The molecule has 0 aliphatic carbocycles. The number of halogens is 3. The zero-order valence-electron chi connectivity index (χ0n) is 23.1. The van der Waals surface area contributed by atoms with Gasteiger partial charge in [-0.15, -0.1) is 0 Å². The van der Waals surface area contributed by atoms with Crippen molar-refractivity contribution in [2.24, 2.45) is 0 Å². The van der Waals surface area contributed by atoms with Gasteiger partial charge < -0.3 is 29.3 Å². The van der Waals surface area contributed by atoms with Crippen LogP contribution in [0, 0.1) is 11.6 Å². The van der Waals surface area contributed by atoms with Crippen LogP contribution in [0.4, 0.5) is 19.4 Å². The topological polar surface area (TPSA) is 95.4 Å². The number of anilines is 1. The minimum atomic E-state index is -1.13. The number of aliphatic hydroxyl groups is 1. The van der Waals surface area contributed by atoms with E-state index in [0.29, 0.717) is 6.42 Å². The molecule has 3 aliphatic heterocycles. The number of aromatic nitrogens is 1. The van der Waals surface area contributed by atoms with E-state index in [0.717, 1.165) is 6.07 Å². The number of fused-ring (bicyclic) bond motifs is 2. The number of ether oxygens (including phenoxy) is 2. The molecule has 2 aromatic rings. The monoisotopic (exact) mass is 578 g/mol. The number of hydrogen-bond acceptors (Lipinski definition) is 7. The summed E-state index contributed by atoms with van der Waals surface area (Å²) in [5, 5.41) is 10.4. The Morgan fingerprint density at radius 3 is 2.60 bits per heavy atom. The Morgan fingerprint density at radius 2 is 1.95 bits per heavy atom. The lowest BCUT2D eigenvalue weighted by Crippen LogP contribution is -2.58. The van der Waals surface area contributed by atoms with Gasteiger partial charge in [-0.2, -0.15) is 0 Å². The number of benzene rings is 1. The highest BCUT2D eigenvalue weighted by Crippen LogP contribution is 2.46. The predicted molar refractivity (Wildman–Crippen MR) is 145 cm³/mol. The van der Waals surface area contributed by atoms with Crippen molar-refractivity contribution < 1.29 is 33.0 Å². The molecular formula is C28H33ClF2N4O5. The van der Waals surface area contributed by atoms with Crippen LogP contribution in [0.15, 0.2) is 18.2 Å². The van der Waals surface area contributed by atoms with Crippen molar-refractivity contribution in [2.75, 3.05) is 37.7 Å². The number of aliphatic hydroxyl groups excluding tert-OH is 1. The number of piperazine rings is 1. The maximum Gasteiger partial charge on any atom is 0.410 e. The van der Waals surface area contributed by atoms with Crippen molar-refractivity contribution in [1.29, 1.82) is 0 Å². The SMILES string of the molecule is CC(C)(C)OC(=O)N1CCN2C(=O)c3c(N4CC(O)CC4(C)C)nc(-c4cccc(F)c4F)c(Cl)c3OC[C@H]2C1. The first-order valence-electron chi connectivity index (χ1n) is 13.2. The van der Waals surface area contributed by atoms with Gasteiger partial charge in [0.15, 0.2) is 17.4 Å². The van der Waals surface area contributed by atoms with Gasteiger partial charge in [-0.25, -0.2) is 18.6 Å². The summed E-state index contributed by atoms with van der Waals surface area (Å²) < 4.78 is 40.9. The van der Waals surface area contributed by atoms with Crippen molar-refractivity contribution in [3.05, 3.63) is 40.4 Å². The highest BCUT2D eigenvalue weighted by atomic mass is 35.5. The van der Waals surface area contributed by atoms with Crippen LogP contribution < -0.4 is 9.64 Å². The maximum absolute atomic E-state index is 15.0. The molecular weight excluding hydrogens is 546 g/mol. The molecule has 4 heterocycles. The fraction of sp³-hybridized carbons (Fsp3) is 0.536. The van der Waals surface area contributed by atoms with Crippen LogP contribution in [0.5, 0.6) is 5.75 Å². The zero-order valence-corrected chi connectivity index (χ0v) is 23.9. The Labute approximate surface area is 236 Å². The number of β-amino-alcohol motifs (C(OH)–C–C–N with tert-alkyl or cyclic N) is 1. The second kappa shape index (κ2) is 10.0. The zero-order chi connectivity index (χ0) is 29.1. The molecule has 0 radical (unpaired) electrons. The first-order valence-corrected chi connectivity index (χ1v) is 13.6. The molecule has 2 saturated heterocycles. The van der Waals surface area contributed by atoms with E-state index >= 15 is 0 Å². The van der Waals surface area contributed by atoms with E-state index in [2.05, 4.69) is 4.98 Å². The quantitative estimate of drug-likeness (QED) is 0.561. The van der Waals surface area contributed by atoms with Crippen LogP contribution in [0.25, 0.3) is 11.3 Å². The van der Waals surface area contributed by atoms with Gasteiger partial charge in [-0.05, 0) is 53.2 Å². The van der Waals surface area contributed by atoms with E-state index < -0.39 is 46.9 Å². The highest BCUT2D eigenvalue weighted by Gasteiger charge is 2.45. The largest absolute Gasteiger partial charge is 0.489 e. The van der Waals surface area contributed by atoms with Crippen molar-refractivity contribution in [3.8, 4) is 17.0 Å². The number of carbonyl (C=O) groups is 2. The minimum absolute atomic E-state index is 0.00168. The number of pyridine rings is 1. The van der Waals surface area contributed by atoms with Gasteiger partial charge >= 0.3 is 6.09 Å². The van der Waals surface area contributed by atoms with Gasteiger partial charge in [0.2, 0.25) is 0 Å². The van der Waals surface area contributed by atoms with E-state index in [-0.39, 0.29) is 66.2 Å². The second-order valence-corrected chi connectivity index (χ2v) is 12.5. The Balaban J connectivity index is 1.61. The predicted octanol–water partition coefficient (Wildman–Crippen LogP) is 4.48. The molecule has 0 bridgehead atoms. The number of nitrogens with zero attached hydrogens (tertiary/aromatic N) is 4. The molecule has 1 unspecified atom stereocenters. The summed E-state index contributed by atoms with van der Waals surface area (Å²) in [4.78, 5) is 36.5. The summed E-state index contributed by atoms with van der Waals surface area (Å²) in [5.41, 5.74) is -1.47. The van der Waals surface area contributed by atoms with Gasteiger partial charge in [-0.3, -0.25) is 4.79 Å². The standard InChI is InChI=1S/C28H33ClF2N4O5/c1-27(2,3)40-26(38)33-9-10-34-15(12-33)14-39-23-19(25(34)37)24(35-13-16(36)11-28(35,4)5)32-22(20(23)29)17-7-6-8-18(30)21(17)31/h6-8,15-16,36H,9-14H2,1-5H3/t15-,16?/m1/s1. The molecule has 9 nitrogen and oxygen atoms in total. The van der Waals surface area contributed by atoms with Crippen LogP contribution >= 0.6 is 11.6 Å². The minimum Gasteiger partial charge on any atom is -0.489 e. The number of hydrogen-bond donors (Lipinski definition) is 1. The summed E-state index contributed by atoms with van der Waals surface area (Å²) in [5.74, 6) is -2.44. The first-order chi connectivity index (χ1) is 18.7. The number of rotatable bonds is 2. The van der Waals surface area contributed by atoms with Crippen LogP contribution in [0.1, 0.15) is 51.4 Å². The van der Waals surface area contributed by atoms with Crippen molar-refractivity contribution >= 4 is 29.4 Å². The van der Waals surface area contributed by atoms with E-state index in [1.807, 2.05) is 13.8 Å². The Hall–Kier alpha value is -3.18. The molecule has 12 heteroatoms. The fourth-order valence-corrected chi connectivity index (χ4v) is 5.87. The lowest BCUT2D eigenvalue weighted by Gasteiger charge is -2.40. The van der Waals surface area contributed by atoms with Crippen LogP contribution in [0.2, 0.25) is 5.02 Å². The van der Waals surface area contributed by atoms with E-state index in [9.17, 15) is 23.5 Å². The highest BCUT2D eigenvalue weighted by molar-refractivity contribution is 6.35. The van der Waals surface area contributed by atoms with Crippen LogP contribution in [0.3, 0.4) is 0 Å². The smallest absolute Gasteiger partial charge is 0.410 e. The molecule has 5 rings (SSSR count). The molecule has 1 N–H and O–H groups in total. The summed E-state index contributed by atoms with van der Waals surface area (Å²) in [6.07, 6.45) is -0.773. The summed E-state index contributed by atoms with van der Waals surface area (Å²) >= 11 is 6.75. The third kappa shape index (κ3) is 5.05.